The fourth-order valence-corrected chi connectivity index (χ4v) is 1.61. The summed E-state index contributed by atoms with van der Waals surface area (Å²) in [5.41, 5.74) is 0. The van der Waals surface area contributed by atoms with Gasteiger partial charge in [0.05, 0.1) is 12.6 Å². The fourth-order valence-electron chi connectivity index (χ4n) is 1.61. The first kappa shape index (κ1) is 11.5. The molecule has 0 unspecified atom stereocenters. The van der Waals surface area contributed by atoms with Gasteiger partial charge < -0.3 is 15.1 Å². The third-order valence-electron chi connectivity index (χ3n) is 2.44. The molecule has 1 aliphatic heterocycles. The van der Waals surface area contributed by atoms with Crippen LogP contribution >= 0.6 is 0 Å². The van der Waals surface area contributed by atoms with Crippen molar-refractivity contribution < 1.29 is 4.79 Å². The Labute approximate surface area is 86.2 Å². The molecule has 4 nitrogen and oxygen atoms in total. The largest absolute Gasteiger partial charge is 0.336 e. The Bertz CT molecular complexity index is 190. The Morgan fingerprint density at radius 1 is 1.43 bits per heavy atom. The molecule has 0 aromatic heterocycles. The summed E-state index contributed by atoms with van der Waals surface area (Å²) in [5, 5.41) is 3.20. The smallest absolute Gasteiger partial charge is 0.237 e. The minimum atomic E-state index is 0.253. The van der Waals surface area contributed by atoms with E-state index in [1.165, 1.54) is 0 Å². The van der Waals surface area contributed by atoms with E-state index in [0.717, 1.165) is 26.1 Å². The molecule has 0 spiro atoms. The van der Waals surface area contributed by atoms with Gasteiger partial charge in [-0.05, 0) is 20.5 Å². The number of hydrogen-bond donors (Lipinski definition) is 1. The van der Waals surface area contributed by atoms with Crippen molar-refractivity contribution in [1.29, 1.82) is 0 Å². The Balaban J connectivity index is 2.43. The summed E-state index contributed by atoms with van der Waals surface area (Å²) in [6.07, 6.45) is 1.04. The van der Waals surface area contributed by atoms with Gasteiger partial charge in [0.25, 0.3) is 0 Å². The van der Waals surface area contributed by atoms with E-state index in [2.05, 4.69) is 12.2 Å². The quantitative estimate of drug-likeness (QED) is 0.664. The SMILES string of the molecule is CCCN(C(=O)CN(C)C)C1CNC1. The zero-order valence-corrected chi connectivity index (χ0v) is 9.42. The number of nitrogens with one attached hydrogen (secondary N) is 1. The molecule has 0 radical (unpaired) electrons. The number of amides is 1. The predicted octanol–water partition coefficient (Wildman–Crippen LogP) is -0.242. The molecular formula is C10H21N3O. The molecule has 1 fully saturated rings. The van der Waals surface area contributed by atoms with Gasteiger partial charge in [-0.25, -0.2) is 0 Å². The monoisotopic (exact) mass is 199 g/mol. The minimum absolute atomic E-state index is 0.253. The summed E-state index contributed by atoms with van der Waals surface area (Å²) in [6, 6.07) is 0.433. The van der Waals surface area contributed by atoms with E-state index < -0.39 is 0 Å². The second-order valence-corrected chi connectivity index (χ2v) is 4.14. The molecule has 1 rings (SSSR count). The second-order valence-electron chi connectivity index (χ2n) is 4.14. The lowest BCUT2D eigenvalue weighted by Crippen LogP contribution is -2.60. The Hall–Kier alpha value is -0.610. The summed E-state index contributed by atoms with van der Waals surface area (Å²) < 4.78 is 0. The average Bonchev–Trinajstić information content (AvgIpc) is 1.98. The third-order valence-corrected chi connectivity index (χ3v) is 2.44. The number of hydrogen-bond acceptors (Lipinski definition) is 3. The van der Waals surface area contributed by atoms with Crippen LogP contribution in [0.1, 0.15) is 13.3 Å². The molecule has 1 heterocycles. The van der Waals surface area contributed by atoms with E-state index in [4.69, 9.17) is 0 Å². The van der Waals surface area contributed by atoms with Gasteiger partial charge in [-0.1, -0.05) is 6.92 Å². The highest BCUT2D eigenvalue weighted by Gasteiger charge is 2.27. The maximum Gasteiger partial charge on any atom is 0.237 e. The lowest BCUT2D eigenvalue weighted by Gasteiger charge is -2.38. The molecule has 0 aromatic carbocycles. The third kappa shape index (κ3) is 2.96. The van der Waals surface area contributed by atoms with Crippen LogP contribution in [-0.2, 0) is 4.79 Å². The normalized spacial score (nSPS) is 16.9. The van der Waals surface area contributed by atoms with Gasteiger partial charge in [-0.15, -0.1) is 0 Å². The molecule has 14 heavy (non-hydrogen) atoms. The number of carbonyl (C=O) groups excluding carboxylic acids is 1. The van der Waals surface area contributed by atoms with Gasteiger partial charge in [-0.3, -0.25) is 4.79 Å². The Morgan fingerprint density at radius 2 is 2.07 bits per heavy atom. The first-order valence-corrected chi connectivity index (χ1v) is 5.30. The van der Waals surface area contributed by atoms with E-state index in [-0.39, 0.29) is 5.91 Å². The van der Waals surface area contributed by atoms with Crippen molar-refractivity contribution in [2.45, 2.75) is 19.4 Å². The van der Waals surface area contributed by atoms with Gasteiger partial charge in [0.1, 0.15) is 0 Å². The summed E-state index contributed by atoms with van der Waals surface area (Å²) in [5.74, 6) is 0.253. The van der Waals surface area contributed by atoms with Crippen LogP contribution in [0.5, 0.6) is 0 Å². The predicted molar refractivity (Wildman–Crippen MR) is 57.2 cm³/mol. The van der Waals surface area contributed by atoms with Crippen molar-refractivity contribution in [3.8, 4) is 0 Å². The van der Waals surface area contributed by atoms with Gasteiger partial charge in [0, 0.05) is 19.6 Å². The summed E-state index contributed by atoms with van der Waals surface area (Å²) in [6.45, 7) is 5.44. The molecule has 0 atom stereocenters. The van der Waals surface area contributed by atoms with Gasteiger partial charge in [-0.2, -0.15) is 0 Å². The molecule has 0 aliphatic carbocycles. The van der Waals surface area contributed by atoms with Crippen LogP contribution in [0, 0.1) is 0 Å². The van der Waals surface area contributed by atoms with Crippen molar-refractivity contribution in [1.82, 2.24) is 15.1 Å². The summed E-state index contributed by atoms with van der Waals surface area (Å²) in [7, 11) is 3.86. The molecule has 1 amide bonds. The van der Waals surface area contributed by atoms with Crippen molar-refractivity contribution in [2.24, 2.45) is 0 Å². The maximum absolute atomic E-state index is 11.8. The van der Waals surface area contributed by atoms with E-state index in [1.807, 2.05) is 23.9 Å². The van der Waals surface area contributed by atoms with Crippen LogP contribution in [0.3, 0.4) is 0 Å². The highest BCUT2D eigenvalue weighted by molar-refractivity contribution is 5.78. The van der Waals surface area contributed by atoms with Crippen molar-refractivity contribution in [2.75, 3.05) is 40.3 Å². The molecule has 0 bridgehead atoms. The Kier molecular flexibility index (Phi) is 4.35. The van der Waals surface area contributed by atoms with Crippen LogP contribution in [-0.4, -0.2) is 62.0 Å². The van der Waals surface area contributed by atoms with E-state index in [0.29, 0.717) is 12.6 Å². The molecular weight excluding hydrogens is 178 g/mol. The van der Waals surface area contributed by atoms with Crippen LogP contribution in [0.2, 0.25) is 0 Å². The van der Waals surface area contributed by atoms with Crippen LogP contribution < -0.4 is 5.32 Å². The zero-order chi connectivity index (χ0) is 10.6. The van der Waals surface area contributed by atoms with Crippen LogP contribution in [0.15, 0.2) is 0 Å². The highest BCUT2D eigenvalue weighted by Crippen LogP contribution is 2.06. The molecule has 4 heteroatoms. The minimum Gasteiger partial charge on any atom is -0.336 e. The van der Waals surface area contributed by atoms with Gasteiger partial charge in [0.2, 0.25) is 5.91 Å². The van der Waals surface area contributed by atoms with Crippen molar-refractivity contribution in [3.63, 3.8) is 0 Å². The number of nitrogens with zero attached hydrogens (tertiary/aromatic N) is 2. The number of carbonyl (C=O) groups is 1. The molecule has 1 aliphatic rings. The molecule has 1 N–H and O–H groups in total. The first-order valence-electron chi connectivity index (χ1n) is 5.30. The summed E-state index contributed by atoms with van der Waals surface area (Å²) >= 11 is 0. The topological polar surface area (TPSA) is 35.6 Å². The number of rotatable bonds is 5. The standard InChI is InChI=1S/C10H21N3O/c1-4-5-13(9-6-11-7-9)10(14)8-12(2)3/h9,11H,4-8H2,1-3H3. The van der Waals surface area contributed by atoms with Gasteiger partial charge >= 0.3 is 0 Å². The van der Waals surface area contributed by atoms with Crippen molar-refractivity contribution in [3.05, 3.63) is 0 Å². The number of likely N-dealkylation sites (N-methyl/N-ethyl adjacent to an activating group) is 1. The Morgan fingerprint density at radius 3 is 2.43 bits per heavy atom. The van der Waals surface area contributed by atoms with Gasteiger partial charge in [0.15, 0.2) is 0 Å². The van der Waals surface area contributed by atoms with Crippen molar-refractivity contribution >= 4 is 5.91 Å². The molecule has 82 valence electrons. The van der Waals surface area contributed by atoms with Crippen LogP contribution in [0.4, 0.5) is 0 Å². The fraction of sp³-hybridized carbons (Fsp3) is 0.900. The average molecular weight is 199 g/mol. The van der Waals surface area contributed by atoms with E-state index in [1.54, 1.807) is 0 Å². The first-order chi connectivity index (χ1) is 6.65. The second kappa shape index (κ2) is 5.32. The zero-order valence-electron chi connectivity index (χ0n) is 9.42. The molecule has 0 aromatic rings. The molecule has 0 saturated carbocycles. The molecule has 1 saturated heterocycles. The lowest BCUT2D eigenvalue weighted by molar-refractivity contribution is -0.135. The maximum atomic E-state index is 11.8. The highest BCUT2D eigenvalue weighted by atomic mass is 16.2. The van der Waals surface area contributed by atoms with E-state index in [9.17, 15) is 4.79 Å². The van der Waals surface area contributed by atoms with Crippen LogP contribution in [0.25, 0.3) is 0 Å². The van der Waals surface area contributed by atoms with E-state index >= 15 is 0 Å². The lowest BCUT2D eigenvalue weighted by atomic mass is 10.1. The summed E-state index contributed by atoms with van der Waals surface area (Å²) in [4.78, 5) is 15.8.